The number of nitrogens with one attached hydrogen (secondary N) is 1. The van der Waals surface area contributed by atoms with Crippen molar-refractivity contribution < 1.29 is 4.74 Å². The molecule has 6 heteroatoms. The zero-order valence-corrected chi connectivity index (χ0v) is 16.1. The van der Waals surface area contributed by atoms with Crippen LogP contribution in [-0.2, 0) is 6.54 Å². The maximum atomic E-state index is 5.50. The van der Waals surface area contributed by atoms with Gasteiger partial charge in [-0.25, -0.2) is 4.98 Å². The van der Waals surface area contributed by atoms with Gasteiger partial charge in [0.25, 0.3) is 0 Å². The molecule has 0 aliphatic carbocycles. The van der Waals surface area contributed by atoms with Crippen LogP contribution in [0.1, 0.15) is 5.56 Å². The van der Waals surface area contributed by atoms with Crippen molar-refractivity contribution in [3.8, 4) is 5.75 Å². The van der Waals surface area contributed by atoms with Crippen molar-refractivity contribution in [1.82, 2.24) is 9.97 Å². The first-order chi connectivity index (χ1) is 13.8. The predicted molar refractivity (Wildman–Crippen MR) is 113 cm³/mol. The first-order valence-electron chi connectivity index (χ1n) is 9.57. The average molecular weight is 375 g/mol. The van der Waals surface area contributed by atoms with Crippen molar-refractivity contribution >= 4 is 17.5 Å². The number of hydrogen-bond donors (Lipinski definition) is 1. The number of benzene rings is 2. The Morgan fingerprint density at radius 3 is 2.39 bits per heavy atom. The molecule has 144 valence electrons. The highest BCUT2D eigenvalue weighted by atomic mass is 16.5. The molecular weight excluding hydrogens is 350 g/mol. The fourth-order valence-electron chi connectivity index (χ4n) is 3.43. The molecule has 2 heterocycles. The molecule has 0 atom stereocenters. The van der Waals surface area contributed by atoms with Crippen LogP contribution < -0.4 is 19.9 Å². The summed E-state index contributed by atoms with van der Waals surface area (Å²) in [4.78, 5) is 13.8. The van der Waals surface area contributed by atoms with E-state index in [1.165, 1.54) is 5.56 Å². The highest BCUT2D eigenvalue weighted by Crippen LogP contribution is 2.28. The predicted octanol–water partition coefficient (Wildman–Crippen LogP) is 3.42. The summed E-state index contributed by atoms with van der Waals surface area (Å²) in [5.41, 5.74) is 2.37. The van der Waals surface area contributed by atoms with Crippen LogP contribution in [0, 0.1) is 0 Å². The third-order valence-electron chi connectivity index (χ3n) is 4.95. The fourth-order valence-corrected chi connectivity index (χ4v) is 3.43. The molecule has 0 saturated carbocycles. The number of rotatable bonds is 6. The van der Waals surface area contributed by atoms with Gasteiger partial charge in [-0.15, -0.1) is 0 Å². The molecule has 0 radical (unpaired) electrons. The normalized spacial score (nSPS) is 14.0. The molecule has 1 aliphatic rings. The molecule has 3 aromatic rings. The average Bonchev–Trinajstić information content (AvgIpc) is 2.79. The molecule has 0 bridgehead atoms. The number of methoxy groups -OCH3 is 1. The van der Waals surface area contributed by atoms with E-state index in [4.69, 9.17) is 9.72 Å². The van der Waals surface area contributed by atoms with Crippen LogP contribution in [0.5, 0.6) is 5.75 Å². The van der Waals surface area contributed by atoms with Crippen molar-refractivity contribution in [2.24, 2.45) is 0 Å². The van der Waals surface area contributed by atoms with E-state index in [1.54, 1.807) is 7.11 Å². The van der Waals surface area contributed by atoms with E-state index in [0.717, 1.165) is 55.9 Å². The van der Waals surface area contributed by atoms with Crippen LogP contribution in [0.3, 0.4) is 0 Å². The first kappa shape index (κ1) is 18.1. The summed E-state index contributed by atoms with van der Waals surface area (Å²) in [6.07, 6.45) is 1.82. The maximum Gasteiger partial charge on any atom is 0.227 e. The van der Waals surface area contributed by atoms with Crippen LogP contribution in [0.25, 0.3) is 0 Å². The molecule has 2 aromatic carbocycles. The molecule has 1 aromatic heterocycles. The smallest absolute Gasteiger partial charge is 0.227 e. The molecule has 1 aliphatic heterocycles. The van der Waals surface area contributed by atoms with Gasteiger partial charge in [-0.2, -0.15) is 4.98 Å². The number of para-hydroxylation sites is 2. The Morgan fingerprint density at radius 1 is 0.893 bits per heavy atom. The fraction of sp³-hybridized carbons (Fsp3) is 0.273. The highest BCUT2D eigenvalue weighted by Gasteiger charge is 2.21. The van der Waals surface area contributed by atoms with Crippen LogP contribution in [0.4, 0.5) is 17.5 Å². The van der Waals surface area contributed by atoms with E-state index >= 15 is 0 Å². The van der Waals surface area contributed by atoms with E-state index in [2.05, 4.69) is 44.4 Å². The molecule has 28 heavy (non-hydrogen) atoms. The number of nitrogens with zero attached hydrogens (tertiary/aromatic N) is 4. The zero-order valence-electron chi connectivity index (χ0n) is 16.1. The molecule has 6 nitrogen and oxygen atoms in total. The highest BCUT2D eigenvalue weighted by molar-refractivity contribution is 5.59. The number of ether oxygens (including phenoxy) is 1. The summed E-state index contributed by atoms with van der Waals surface area (Å²) in [6.45, 7) is 4.32. The molecule has 1 N–H and O–H groups in total. The Morgan fingerprint density at radius 2 is 1.61 bits per heavy atom. The van der Waals surface area contributed by atoms with Gasteiger partial charge in [0.15, 0.2) is 0 Å². The lowest BCUT2D eigenvalue weighted by Gasteiger charge is -2.36. The summed E-state index contributed by atoms with van der Waals surface area (Å²) in [5.74, 6) is 2.54. The summed E-state index contributed by atoms with van der Waals surface area (Å²) in [6, 6.07) is 20.4. The second-order valence-electron chi connectivity index (χ2n) is 6.73. The molecular formula is C22H25N5O. The summed E-state index contributed by atoms with van der Waals surface area (Å²) in [7, 11) is 1.72. The van der Waals surface area contributed by atoms with Crippen LogP contribution in [0.15, 0.2) is 66.9 Å². The van der Waals surface area contributed by atoms with Crippen molar-refractivity contribution in [2.75, 3.05) is 48.4 Å². The maximum absolute atomic E-state index is 5.50. The second-order valence-corrected chi connectivity index (χ2v) is 6.73. The van der Waals surface area contributed by atoms with Gasteiger partial charge >= 0.3 is 0 Å². The van der Waals surface area contributed by atoms with E-state index < -0.39 is 0 Å². The van der Waals surface area contributed by atoms with E-state index in [-0.39, 0.29) is 0 Å². The van der Waals surface area contributed by atoms with Gasteiger partial charge in [-0.1, -0.05) is 42.5 Å². The van der Waals surface area contributed by atoms with Crippen molar-refractivity contribution in [3.63, 3.8) is 0 Å². The summed E-state index contributed by atoms with van der Waals surface area (Å²) < 4.78 is 5.50. The molecule has 0 unspecified atom stereocenters. The van der Waals surface area contributed by atoms with Gasteiger partial charge in [0.05, 0.1) is 12.8 Å². The Balaban J connectivity index is 1.38. The third kappa shape index (κ3) is 4.17. The topological polar surface area (TPSA) is 53.5 Å². The lowest BCUT2D eigenvalue weighted by Crippen LogP contribution is -2.47. The van der Waals surface area contributed by atoms with Gasteiger partial charge in [-0.05, 0) is 23.8 Å². The van der Waals surface area contributed by atoms with Crippen LogP contribution >= 0.6 is 0 Å². The van der Waals surface area contributed by atoms with Gasteiger partial charge in [0.2, 0.25) is 5.95 Å². The lowest BCUT2D eigenvalue weighted by atomic mass is 10.2. The van der Waals surface area contributed by atoms with E-state index in [9.17, 15) is 0 Å². The van der Waals surface area contributed by atoms with Gasteiger partial charge < -0.3 is 19.9 Å². The van der Waals surface area contributed by atoms with E-state index in [1.807, 2.05) is 42.6 Å². The van der Waals surface area contributed by atoms with E-state index in [0.29, 0.717) is 0 Å². The Kier molecular flexibility index (Phi) is 5.56. The molecule has 1 saturated heterocycles. The Bertz CT molecular complexity index is 894. The standard InChI is InChI=1S/C22H25N5O/c1-28-20-10-6-5-9-19(20)26-13-15-27(16-14-26)22-23-12-11-21(25-22)24-17-18-7-3-2-4-8-18/h2-12H,13-17H2,1H3,(H,23,24,25). The summed E-state index contributed by atoms with van der Waals surface area (Å²) >= 11 is 0. The van der Waals surface area contributed by atoms with Crippen molar-refractivity contribution in [1.29, 1.82) is 0 Å². The number of anilines is 3. The lowest BCUT2D eigenvalue weighted by molar-refractivity contribution is 0.413. The second kappa shape index (κ2) is 8.61. The minimum atomic E-state index is 0.749. The third-order valence-corrected chi connectivity index (χ3v) is 4.95. The number of aromatic nitrogens is 2. The van der Waals surface area contributed by atoms with Gasteiger partial charge in [0, 0.05) is 38.9 Å². The molecule has 0 spiro atoms. The minimum absolute atomic E-state index is 0.749. The molecule has 1 fully saturated rings. The Hall–Kier alpha value is -3.28. The first-order valence-corrected chi connectivity index (χ1v) is 9.57. The summed E-state index contributed by atoms with van der Waals surface area (Å²) in [5, 5.41) is 3.39. The minimum Gasteiger partial charge on any atom is -0.495 e. The quantitative estimate of drug-likeness (QED) is 0.712. The Labute approximate surface area is 165 Å². The zero-order chi connectivity index (χ0) is 19.2. The van der Waals surface area contributed by atoms with Crippen molar-refractivity contribution in [3.05, 3.63) is 72.4 Å². The molecule has 4 rings (SSSR count). The number of hydrogen-bond acceptors (Lipinski definition) is 6. The van der Waals surface area contributed by atoms with Crippen LogP contribution in [-0.4, -0.2) is 43.3 Å². The largest absolute Gasteiger partial charge is 0.495 e. The van der Waals surface area contributed by atoms with Gasteiger partial charge in [0.1, 0.15) is 11.6 Å². The monoisotopic (exact) mass is 375 g/mol. The van der Waals surface area contributed by atoms with Crippen molar-refractivity contribution in [2.45, 2.75) is 6.54 Å². The van der Waals surface area contributed by atoms with Crippen LogP contribution in [0.2, 0.25) is 0 Å². The SMILES string of the molecule is COc1ccccc1N1CCN(c2nccc(NCc3ccccc3)n2)CC1. The number of piperazine rings is 1. The molecule has 0 amide bonds. The van der Waals surface area contributed by atoms with Gasteiger partial charge in [-0.3, -0.25) is 0 Å².